The SMILES string of the molecule is CCOC(=O)CN1CCC2(CC(Oc3nc(C(C)C)c(-c4ccc(F)cc4)c4ccc(C)cc34)C2)C1. The fraction of sp³-hybridized carbons (Fsp3) is 0.467. The largest absolute Gasteiger partial charge is 0.474 e. The van der Waals surface area contributed by atoms with Gasteiger partial charge in [0.05, 0.1) is 18.8 Å². The molecule has 2 fully saturated rings. The lowest BCUT2D eigenvalue weighted by molar-refractivity contribution is -0.144. The van der Waals surface area contributed by atoms with Crippen LogP contribution in [0.1, 0.15) is 57.2 Å². The quantitative estimate of drug-likeness (QED) is 0.366. The normalized spacial score (nSPS) is 21.8. The van der Waals surface area contributed by atoms with Gasteiger partial charge in [-0.05, 0) is 80.1 Å². The Bertz CT molecular complexity index is 1270. The topological polar surface area (TPSA) is 51.7 Å². The number of halogens is 1. The fourth-order valence-corrected chi connectivity index (χ4v) is 5.88. The van der Waals surface area contributed by atoms with E-state index < -0.39 is 0 Å². The number of benzene rings is 2. The molecule has 1 spiro atoms. The number of carbonyl (C=O) groups excluding carboxylic acids is 1. The summed E-state index contributed by atoms with van der Waals surface area (Å²) in [6, 6.07) is 13.1. The van der Waals surface area contributed by atoms with E-state index in [1.165, 1.54) is 12.1 Å². The highest BCUT2D eigenvalue weighted by Crippen LogP contribution is 2.50. The van der Waals surface area contributed by atoms with Crippen LogP contribution in [0, 0.1) is 18.2 Å². The molecular formula is C30H35FN2O3. The molecule has 0 amide bonds. The third-order valence-corrected chi connectivity index (χ3v) is 7.61. The Labute approximate surface area is 212 Å². The van der Waals surface area contributed by atoms with E-state index >= 15 is 0 Å². The molecule has 2 aromatic carbocycles. The van der Waals surface area contributed by atoms with Crippen molar-refractivity contribution in [3.63, 3.8) is 0 Å². The highest BCUT2D eigenvalue weighted by atomic mass is 19.1. The van der Waals surface area contributed by atoms with Gasteiger partial charge >= 0.3 is 5.97 Å². The molecule has 190 valence electrons. The molecule has 0 atom stereocenters. The van der Waals surface area contributed by atoms with Crippen LogP contribution in [-0.4, -0.2) is 48.2 Å². The van der Waals surface area contributed by atoms with Crippen molar-refractivity contribution in [1.82, 2.24) is 9.88 Å². The Morgan fingerprint density at radius 1 is 1.17 bits per heavy atom. The van der Waals surface area contributed by atoms with Crippen molar-refractivity contribution >= 4 is 16.7 Å². The lowest BCUT2D eigenvalue weighted by Gasteiger charge is -2.44. The fourth-order valence-electron chi connectivity index (χ4n) is 5.88. The van der Waals surface area contributed by atoms with E-state index in [1.54, 1.807) is 0 Å². The van der Waals surface area contributed by atoms with Crippen molar-refractivity contribution in [2.45, 2.75) is 59.0 Å². The molecule has 0 N–H and O–H groups in total. The van der Waals surface area contributed by atoms with Gasteiger partial charge in [0.2, 0.25) is 5.88 Å². The molecule has 6 heteroatoms. The minimum atomic E-state index is -0.246. The second-order valence-electron chi connectivity index (χ2n) is 10.8. The van der Waals surface area contributed by atoms with Crippen LogP contribution in [0.3, 0.4) is 0 Å². The maximum atomic E-state index is 13.7. The summed E-state index contributed by atoms with van der Waals surface area (Å²) in [6.07, 6.45) is 3.14. The number of fused-ring (bicyclic) bond motifs is 1. The lowest BCUT2D eigenvalue weighted by Crippen LogP contribution is -2.46. The zero-order chi connectivity index (χ0) is 25.4. The average Bonchev–Trinajstić information content (AvgIpc) is 3.23. The van der Waals surface area contributed by atoms with E-state index in [0.717, 1.165) is 65.5 Å². The molecule has 1 aliphatic heterocycles. The van der Waals surface area contributed by atoms with E-state index in [4.69, 9.17) is 14.5 Å². The Morgan fingerprint density at radius 3 is 2.61 bits per heavy atom. The minimum absolute atomic E-state index is 0.112. The zero-order valence-electron chi connectivity index (χ0n) is 21.6. The number of esters is 1. The van der Waals surface area contributed by atoms with Crippen LogP contribution in [0.2, 0.25) is 0 Å². The molecule has 1 saturated carbocycles. The van der Waals surface area contributed by atoms with Crippen molar-refractivity contribution in [2.75, 3.05) is 26.2 Å². The summed E-state index contributed by atoms with van der Waals surface area (Å²) in [5.41, 5.74) is 4.33. The van der Waals surface area contributed by atoms with Gasteiger partial charge in [0.1, 0.15) is 11.9 Å². The first-order valence-corrected chi connectivity index (χ1v) is 13.0. The first-order valence-electron chi connectivity index (χ1n) is 13.0. The highest BCUT2D eigenvalue weighted by Gasteiger charge is 2.50. The highest BCUT2D eigenvalue weighted by molar-refractivity contribution is 6.00. The number of rotatable bonds is 7. The van der Waals surface area contributed by atoms with E-state index in [-0.39, 0.29) is 29.2 Å². The van der Waals surface area contributed by atoms with Crippen LogP contribution < -0.4 is 4.74 Å². The summed E-state index contributed by atoms with van der Waals surface area (Å²) < 4.78 is 25.4. The molecule has 1 aromatic heterocycles. The van der Waals surface area contributed by atoms with Crippen molar-refractivity contribution in [1.29, 1.82) is 0 Å². The molecule has 2 heterocycles. The van der Waals surface area contributed by atoms with Gasteiger partial charge in [0.25, 0.3) is 0 Å². The third-order valence-electron chi connectivity index (χ3n) is 7.61. The number of hydrogen-bond donors (Lipinski definition) is 0. The van der Waals surface area contributed by atoms with Gasteiger partial charge < -0.3 is 9.47 Å². The van der Waals surface area contributed by atoms with Crippen molar-refractivity contribution in [2.24, 2.45) is 5.41 Å². The predicted molar refractivity (Wildman–Crippen MR) is 140 cm³/mol. The van der Waals surface area contributed by atoms with Crippen LogP contribution in [0.4, 0.5) is 4.39 Å². The van der Waals surface area contributed by atoms with Gasteiger partial charge in [-0.1, -0.05) is 43.7 Å². The van der Waals surface area contributed by atoms with Gasteiger partial charge in [-0.2, -0.15) is 0 Å². The van der Waals surface area contributed by atoms with Gasteiger partial charge in [0, 0.05) is 17.5 Å². The molecule has 5 nitrogen and oxygen atoms in total. The third kappa shape index (κ3) is 4.83. The number of nitrogens with zero attached hydrogens (tertiary/aromatic N) is 2. The second-order valence-corrected chi connectivity index (χ2v) is 10.8. The second kappa shape index (κ2) is 9.81. The van der Waals surface area contributed by atoms with E-state index in [2.05, 4.69) is 43.9 Å². The Kier molecular flexibility index (Phi) is 6.73. The van der Waals surface area contributed by atoms with Gasteiger partial charge in [-0.3, -0.25) is 9.69 Å². The van der Waals surface area contributed by atoms with Crippen molar-refractivity contribution in [3.8, 4) is 17.0 Å². The Balaban J connectivity index is 1.40. The molecule has 3 aromatic rings. The van der Waals surface area contributed by atoms with Crippen LogP contribution in [0.5, 0.6) is 5.88 Å². The number of likely N-dealkylation sites (tertiary alicyclic amines) is 1. The molecule has 0 bridgehead atoms. The smallest absolute Gasteiger partial charge is 0.320 e. The maximum absolute atomic E-state index is 13.7. The number of ether oxygens (including phenoxy) is 2. The van der Waals surface area contributed by atoms with Crippen molar-refractivity contribution in [3.05, 3.63) is 59.5 Å². The number of pyridine rings is 1. The average molecular weight is 491 g/mol. The molecule has 0 radical (unpaired) electrons. The number of hydrogen-bond acceptors (Lipinski definition) is 5. The molecule has 36 heavy (non-hydrogen) atoms. The lowest BCUT2D eigenvalue weighted by atomic mass is 9.66. The standard InChI is InChI=1S/C30H35FN2O3/c1-5-35-26(34)17-33-13-12-30(18-33)15-23(16-30)36-29-25-14-20(4)6-11-24(25)27(28(32-29)19(2)3)21-7-9-22(31)10-8-21/h6-11,14,19,23H,5,12-13,15-18H2,1-4H3. The maximum Gasteiger partial charge on any atom is 0.320 e. The van der Waals surface area contributed by atoms with Gasteiger partial charge in [0.15, 0.2) is 0 Å². The summed E-state index contributed by atoms with van der Waals surface area (Å²) in [7, 11) is 0. The van der Waals surface area contributed by atoms with Crippen molar-refractivity contribution < 1.29 is 18.7 Å². The van der Waals surface area contributed by atoms with Crippen LogP contribution >= 0.6 is 0 Å². The van der Waals surface area contributed by atoms with Crippen LogP contribution in [0.25, 0.3) is 21.9 Å². The summed E-state index contributed by atoms with van der Waals surface area (Å²) >= 11 is 0. The molecule has 5 rings (SSSR count). The van der Waals surface area contributed by atoms with Gasteiger partial charge in [-0.15, -0.1) is 0 Å². The summed E-state index contributed by atoms with van der Waals surface area (Å²) in [4.78, 5) is 19.2. The Morgan fingerprint density at radius 2 is 1.92 bits per heavy atom. The number of aryl methyl sites for hydroxylation is 1. The minimum Gasteiger partial charge on any atom is -0.474 e. The molecule has 1 aliphatic carbocycles. The number of carbonyl (C=O) groups is 1. The van der Waals surface area contributed by atoms with Crippen LogP contribution in [0.15, 0.2) is 42.5 Å². The monoisotopic (exact) mass is 490 g/mol. The predicted octanol–water partition coefficient (Wildman–Crippen LogP) is 6.27. The molecule has 2 aliphatic rings. The molecular weight excluding hydrogens is 455 g/mol. The first kappa shape index (κ1) is 24.7. The van der Waals surface area contributed by atoms with Gasteiger partial charge in [-0.25, -0.2) is 9.37 Å². The summed E-state index contributed by atoms with van der Waals surface area (Å²) in [5, 5.41) is 2.08. The van der Waals surface area contributed by atoms with E-state index in [1.807, 2.05) is 19.1 Å². The first-order chi connectivity index (χ1) is 17.3. The van der Waals surface area contributed by atoms with E-state index in [0.29, 0.717) is 19.0 Å². The Hall–Kier alpha value is -2.99. The molecule has 1 saturated heterocycles. The summed E-state index contributed by atoms with van der Waals surface area (Å²) in [5.74, 6) is 0.473. The number of aromatic nitrogens is 1. The van der Waals surface area contributed by atoms with Crippen LogP contribution in [-0.2, 0) is 9.53 Å². The summed E-state index contributed by atoms with van der Waals surface area (Å²) in [6.45, 7) is 10.8. The zero-order valence-corrected chi connectivity index (χ0v) is 21.6. The molecule has 0 unspecified atom stereocenters. The van der Waals surface area contributed by atoms with E-state index in [9.17, 15) is 9.18 Å².